The number of rotatable bonds is 3. The summed E-state index contributed by atoms with van der Waals surface area (Å²) in [6, 6.07) is 17.9. The van der Waals surface area contributed by atoms with Crippen molar-refractivity contribution in [3.63, 3.8) is 0 Å². The molecule has 0 bridgehead atoms. The number of carbonyl (C=O) groups is 2. The van der Waals surface area contributed by atoms with Crippen LogP contribution < -0.4 is 11.1 Å². The lowest BCUT2D eigenvalue weighted by molar-refractivity contribution is -0.132. The first kappa shape index (κ1) is 17.0. The van der Waals surface area contributed by atoms with Crippen molar-refractivity contribution in [3.05, 3.63) is 71.3 Å². The van der Waals surface area contributed by atoms with E-state index in [1.807, 2.05) is 35.2 Å². The third kappa shape index (κ3) is 3.65. The molecule has 130 valence electrons. The minimum absolute atomic E-state index is 0.0202. The van der Waals surface area contributed by atoms with Gasteiger partial charge in [0.05, 0.1) is 6.54 Å². The third-order valence-electron chi connectivity index (χ3n) is 4.88. The Morgan fingerprint density at radius 2 is 1.80 bits per heavy atom. The van der Waals surface area contributed by atoms with Crippen molar-refractivity contribution < 1.29 is 9.59 Å². The summed E-state index contributed by atoms with van der Waals surface area (Å²) in [5.74, 6) is -0.0162. The van der Waals surface area contributed by atoms with Gasteiger partial charge in [0, 0.05) is 18.5 Å². The van der Waals surface area contributed by atoms with Crippen molar-refractivity contribution in [1.82, 2.24) is 10.2 Å². The van der Waals surface area contributed by atoms with Gasteiger partial charge in [-0.25, -0.2) is 4.79 Å². The zero-order valence-electron chi connectivity index (χ0n) is 14.3. The third-order valence-corrected chi connectivity index (χ3v) is 4.88. The van der Waals surface area contributed by atoms with Crippen LogP contribution in [0.15, 0.2) is 54.6 Å². The molecule has 2 aromatic carbocycles. The molecule has 25 heavy (non-hydrogen) atoms. The normalized spacial score (nSPS) is 19.6. The molecule has 3 amide bonds. The molecule has 5 nitrogen and oxygen atoms in total. The van der Waals surface area contributed by atoms with E-state index in [0.29, 0.717) is 6.54 Å². The molecule has 3 N–H and O–H groups in total. The van der Waals surface area contributed by atoms with Gasteiger partial charge in [0.15, 0.2) is 0 Å². The molecule has 0 spiro atoms. The molecular weight excluding hydrogens is 314 g/mol. The first-order valence-corrected chi connectivity index (χ1v) is 8.53. The number of hydrogen-bond acceptors (Lipinski definition) is 2. The van der Waals surface area contributed by atoms with Gasteiger partial charge in [0.25, 0.3) is 0 Å². The maximum absolute atomic E-state index is 12.6. The summed E-state index contributed by atoms with van der Waals surface area (Å²) in [4.78, 5) is 25.4. The van der Waals surface area contributed by atoms with Crippen molar-refractivity contribution in [3.8, 4) is 0 Å². The van der Waals surface area contributed by atoms with Crippen LogP contribution in [-0.2, 0) is 11.2 Å². The predicted molar refractivity (Wildman–Crippen MR) is 97.2 cm³/mol. The molecule has 0 fully saturated rings. The van der Waals surface area contributed by atoms with Crippen LogP contribution in [0.25, 0.3) is 0 Å². The molecule has 0 aromatic heterocycles. The smallest absolute Gasteiger partial charge is 0.312 e. The number of amides is 3. The van der Waals surface area contributed by atoms with E-state index in [2.05, 4.69) is 36.5 Å². The number of benzene rings is 2. The molecular formula is C20H23N3O2. The molecule has 1 heterocycles. The van der Waals surface area contributed by atoms with E-state index < -0.39 is 6.03 Å². The summed E-state index contributed by atoms with van der Waals surface area (Å²) in [5.41, 5.74) is 8.82. The molecule has 5 heteroatoms. The number of carbonyl (C=O) groups excluding carboxylic acids is 2. The van der Waals surface area contributed by atoms with Crippen LogP contribution in [0.3, 0.4) is 0 Å². The first-order valence-electron chi connectivity index (χ1n) is 8.53. The number of urea groups is 1. The Balaban J connectivity index is 1.96. The minimum atomic E-state index is -0.682. The molecule has 1 aliphatic rings. The molecule has 1 aliphatic heterocycles. The Hall–Kier alpha value is -2.82. The van der Waals surface area contributed by atoms with Crippen LogP contribution in [0.2, 0.25) is 0 Å². The standard InChI is InChI=1S/C20H23N3O2/c1-14-19(16-8-3-2-4-9-16)17-10-6-5-7-15(17)11-12-23(14)18(24)13-22-20(21)25/h2-10,14,19H,11-13H2,1H3,(H3,21,22,25)/t14-,19-/m1/s1. The molecule has 2 aromatic rings. The predicted octanol–water partition coefficient (Wildman–Crippen LogP) is 2.26. The zero-order chi connectivity index (χ0) is 17.8. The zero-order valence-corrected chi connectivity index (χ0v) is 14.3. The Morgan fingerprint density at radius 1 is 1.12 bits per heavy atom. The van der Waals surface area contributed by atoms with E-state index in [4.69, 9.17) is 5.73 Å². The van der Waals surface area contributed by atoms with Crippen molar-refractivity contribution >= 4 is 11.9 Å². The van der Waals surface area contributed by atoms with E-state index in [1.54, 1.807) is 0 Å². The van der Waals surface area contributed by atoms with Crippen LogP contribution in [0.4, 0.5) is 4.79 Å². The van der Waals surface area contributed by atoms with E-state index in [-0.39, 0.29) is 24.4 Å². The minimum Gasteiger partial charge on any atom is -0.352 e. The SMILES string of the molecule is C[C@@H]1[C@H](c2ccccc2)c2ccccc2CCN1C(=O)CNC(N)=O. The van der Waals surface area contributed by atoms with Gasteiger partial charge in [-0.2, -0.15) is 0 Å². The van der Waals surface area contributed by atoms with Crippen LogP contribution >= 0.6 is 0 Å². The van der Waals surface area contributed by atoms with Crippen molar-refractivity contribution in [1.29, 1.82) is 0 Å². The highest BCUT2D eigenvalue weighted by Gasteiger charge is 2.33. The number of nitrogens with two attached hydrogens (primary N) is 1. The molecule has 0 saturated carbocycles. The lowest BCUT2D eigenvalue weighted by Crippen LogP contribution is -2.47. The second kappa shape index (κ2) is 7.38. The topological polar surface area (TPSA) is 75.4 Å². The molecule has 3 rings (SSSR count). The Kier molecular flexibility index (Phi) is 5.03. The van der Waals surface area contributed by atoms with Crippen LogP contribution in [0.1, 0.15) is 29.5 Å². The Labute approximate surface area is 147 Å². The van der Waals surface area contributed by atoms with E-state index in [1.165, 1.54) is 16.7 Å². The average molecular weight is 337 g/mol. The quantitative estimate of drug-likeness (QED) is 0.901. The van der Waals surface area contributed by atoms with Gasteiger partial charge < -0.3 is 16.0 Å². The first-order chi connectivity index (χ1) is 12.1. The summed E-state index contributed by atoms with van der Waals surface area (Å²) in [7, 11) is 0. The summed E-state index contributed by atoms with van der Waals surface area (Å²) in [6.07, 6.45) is 0.798. The van der Waals surface area contributed by atoms with Gasteiger partial charge in [-0.05, 0) is 30.0 Å². The van der Waals surface area contributed by atoms with Crippen molar-refractivity contribution in [2.45, 2.75) is 25.3 Å². The van der Waals surface area contributed by atoms with E-state index in [9.17, 15) is 9.59 Å². The molecule has 2 atom stereocenters. The van der Waals surface area contributed by atoms with Gasteiger partial charge in [-0.1, -0.05) is 54.6 Å². The highest BCUT2D eigenvalue weighted by Crippen LogP contribution is 2.35. The largest absolute Gasteiger partial charge is 0.352 e. The lowest BCUT2D eigenvalue weighted by Gasteiger charge is -2.33. The van der Waals surface area contributed by atoms with Gasteiger partial charge in [-0.15, -0.1) is 0 Å². The number of hydrogen-bond donors (Lipinski definition) is 2. The van der Waals surface area contributed by atoms with Gasteiger partial charge in [0.1, 0.15) is 0 Å². The fourth-order valence-corrected chi connectivity index (χ4v) is 3.68. The second-order valence-electron chi connectivity index (χ2n) is 6.38. The van der Waals surface area contributed by atoms with Gasteiger partial charge >= 0.3 is 6.03 Å². The second-order valence-corrected chi connectivity index (χ2v) is 6.38. The van der Waals surface area contributed by atoms with Gasteiger partial charge in [0.2, 0.25) is 5.91 Å². The Bertz CT molecular complexity index is 761. The van der Waals surface area contributed by atoms with Crippen molar-refractivity contribution in [2.75, 3.05) is 13.1 Å². The maximum Gasteiger partial charge on any atom is 0.312 e. The van der Waals surface area contributed by atoms with Crippen LogP contribution in [0.5, 0.6) is 0 Å². The monoisotopic (exact) mass is 337 g/mol. The number of nitrogens with one attached hydrogen (secondary N) is 1. The molecule has 0 unspecified atom stereocenters. The summed E-state index contributed by atoms with van der Waals surface area (Å²) < 4.78 is 0. The number of fused-ring (bicyclic) bond motifs is 1. The highest BCUT2D eigenvalue weighted by atomic mass is 16.2. The average Bonchev–Trinajstić information content (AvgIpc) is 2.76. The maximum atomic E-state index is 12.6. The molecule has 0 saturated heterocycles. The molecule has 0 radical (unpaired) electrons. The van der Waals surface area contributed by atoms with Gasteiger partial charge in [-0.3, -0.25) is 4.79 Å². The number of primary amides is 1. The lowest BCUT2D eigenvalue weighted by atomic mass is 9.83. The Morgan fingerprint density at radius 3 is 2.52 bits per heavy atom. The fourth-order valence-electron chi connectivity index (χ4n) is 3.68. The van der Waals surface area contributed by atoms with E-state index in [0.717, 1.165) is 6.42 Å². The summed E-state index contributed by atoms with van der Waals surface area (Å²) in [6.45, 7) is 2.63. The summed E-state index contributed by atoms with van der Waals surface area (Å²) in [5, 5.41) is 2.41. The highest BCUT2D eigenvalue weighted by molar-refractivity contribution is 5.83. The van der Waals surface area contributed by atoms with E-state index >= 15 is 0 Å². The van der Waals surface area contributed by atoms with Crippen molar-refractivity contribution in [2.24, 2.45) is 5.73 Å². The number of nitrogens with zero attached hydrogens (tertiary/aromatic N) is 1. The van der Waals surface area contributed by atoms with Crippen LogP contribution in [-0.4, -0.2) is 36.0 Å². The summed E-state index contributed by atoms with van der Waals surface area (Å²) >= 11 is 0. The molecule has 0 aliphatic carbocycles. The van der Waals surface area contributed by atoms with Crippen LogP contribution in [0, 0.1) is 0 Å². The fraction of sp³-hybridized carbons (Fsp3) is 0.300.